The fraction of sp³-hybridized carbons (Fsp3) is 0.316. The molecule has 0 saturated carbocycles. The molecule has 0 unspecified atom stereocenters. The molecule has 2 amide bonds. The summed E-state index contributed by atoms with van der Waals surface area (Å²) >= 11 is 0. The Bertz CT molecular complexity index is 731. The summed E-state index contributed by atoms with van der Waals surface area (Å²) in [7, 11) is 0. The quantitative estimate of drug-likeness (QED) is 0.878. The summed E-state index contributed by atoms with van der Waals surface area (Å²) in [4.78, 5) is 29.5. The maximum absolute atomic E-state index is 12.2. The minimum Gasteiger partial charge on any atom is -0.326 e. The highest BCUT2D eigenvalue weighted by molar-refractivity contribution is 5.93. The lowest BCUT2D eigenvalue weighted by atomic mass is 10.00. The van der Waals surface area contributed by atoms with E-state index in [1.807, 2.05) is 24.5 Å². The molecule has 6 nitrogen and oxygen atoms in total. The van der Waals surface area contributed by atoms with Crippen LogP contribution >= 0.6 is 0 Å². The summed E-state index contributed by atoms with van der Waals surface area (Å²) in [5.41, 5.74) is 2.72. The Kier molecular flexibility index (Phi) is 5.40. The summed E-state index contributed by atoms with van der Waals surface area (Å²) in [5, 5.41) is 5.60. The van der Waals surface area contributed by atoms with Gasteiger partial charge in [0.2, 0.25) is 11.8 Å². The van der Waals surface area contributed by atoms with Gasteiger partial charge in [0.05, 0.1) is 6.54 Å². The number of aromatic nitrogens is 1. The van der Waals surface area contributed by atoms with Crippen LogP contribution in [0, 0.1) is 0 Å². The van der Waals surface area contributed by atoms with Gasteiger partial charge < -0.3 is 10.6 Å². The zero-order valence-corrected chi connectivity index (χ0v) is 14.2. The number of carbonyl (C=O) groups is 2. The van der Waals surface area contributed by atoms with Gasteiger partial charge in [-0.05, 0) is 60.8 Å². The molecule has 1 atom stereocenters. The van der Waals surface area contributed by atoms with Crippen LogP contribution < -0.4 is 10.6 Å². The topological polar surface area (TPSA) is 74.3 Å². The van der Waals surface area contributed by atoms with E-state index >= 15 is 0 Å². The van der Waals surface area contributed by atoms with E-state index in [-0.39, 0.29) is 11.8 Å². The maximum Gasteiger partial charge on any atom is 0.238 e. The fourth-order valence-electron chi connectivity index (χ4n) is 3.13. The van der Waals surface area contributed by atoms with Gasteiger partial charge in [0.1, 0.15) is 0 Å². The second kappa shape index (κ2) is 7.90. The Morgan fingerprint density at radius 2 is 1.72 bits per heavy atom. The molecule has 1 fully saturated rings. The number of nitrogens with zero attached hydrogens (tertiary/aromatic N) is 2. The molecule has 0 spiro atoms. The first-order valence-electron chi connectivity index (χ1n) is 8.40. The number of carbonyl (C=O) groups excluding carboxylic acids is 2. The van der Waals surface area contributed by atoms with Crippen LogP contribution in [0.5, 0.6) is 0 Å². The molecule has 2 N–H and O–H groups in total. The summed E-state index contributed by atoms with van der Waals surface area (Å²) < 4.78 is 0. The Balaban J connectivity index is 1.49. The van der Waals surface area contributed by atoms with Crippen molar-refractivity contribution in [2.75, 3.05) is 30.3 Å². The molecule has 3 rings (SSSR count). The van der Waals surface area contributed by atoms with Crippen molar-refractivity contribution in [3.63, 3.8) is 0 Å². The Hall–Kier alpha value is -2.73. The molecule has 0 aliphatic carbocycles. The Morgan fingerprint density at radius 3 is 2.36 bits per heavy atom. The number of amides is 2. The normalized spacial score (nSPS) is 17.2. The molecule has 1 aromatic heterocycles. The zero-order valence-electron chi connectivity index (χ0n) is 14.2. The SMILES string of the molecule is CC(=O)Nc1ccc(NC(=O)CN2CC[C@H](c3ccncc3)C2)cc1. The lowest BCUT2D eigenvalue weighted by Crippen LogP contribution is -2.31. The van der Waals surface area contributed by atoms with E-state index in [2.05, 4.69) is 20.5 Å². The zero-order chi connectivity index (χ0) is 17.6. The standard InChI is InChI=1S/C19H22N4O2/c1-14(24)21-17-2-4-18(5-3-17)22-19(25)13-23-11-8-16(12-23)15-6-9-20-10-7-15/h2-7,9-10,16H,8,11-13H2,1H3,(H,21,24)(H,22,25)/t16-/m0/s1. The molecule has 1 saturated heterocycles. The molecular weight excluding hydrogens is 316 g/mol. The predicted octanol–water partition coefficient (Wildman–Crippen LogP) is 2.47. The van der Waals surface area contributed by atoms with Crippen molar-refractivity contribution in [3.8, 4) is 0 Å². The lowest BCUT2D eigenvalue weighted by Gasteiger charge is -2.16. The monoisotopic (exact) mass is 338 g/mol. The third-order valence-corrected chi connectivity index (χ3v) is 4.31. The summed E-state index contributed by atoms with van der Waals surface area (Å²) in [6.45, 7) is 3.65. The van der Waals surface area contributed by atoms with E-state index in [4.69, 9.17) is 0 Å². The van der Waals surface area contributed by atoms with Gasteiger partial charge in [0, 0.05) is 37.2 Å². The van der Waals surface area contributed by atoms with Crippen LogP contribution in [0.2, 0.25) is 0 Å². The lowest BCUT2D eigenvalue weighted by molar-refractivity contribution is -0.117. The van der Waals surface area contributed by atoms with Crippen LogP contribution in [0.4, 0.5) is 11.4 Å². The largest absolute Gasteiger partial charge is 0.326 e. The average Bonchev–Trinajstić information content (AvgIpc) is 3.05. The summed E-state index contributed by atoms with van der Waals surface area (Å²) in [5.74, 6) is 0.324. The van der Waals surface area contributed by atoms with Crippen molar-refractivity contribution in [2.45, 2.75) is 19.3 Å². The minimum atomic E-state index is -0.116. The number of hydrogen-bond donors (Lipinski definition) is 2. The number of anilines is 2. The predicted molar refractivity (Wildman–Crippen MR) is 97.4 cm³/mol. The van der Waals surface area contributed by atoms with E-state index in [1.165, 1.54) is 12.5 Å². The summed E-state index contributed by atoms with van der Waals surface area (Å²) in [6, 6.07) is 11.2. The molecule has 1 aromatic carbocycles. The molecule has 2 heterocycles. The van der Waals surface area contributed by atoms with Gasteiger partial charge in [-0.1, -0.05) is 0 Å². The second-order valence-corrected chi connectivity index (χ2v) is 6.31. The van der Waals surface area contributed by atoms with E-state index in [9.17, 15) is 9.59 Å². The molecule has 130 valence electrons. The second-order valence-electron chi connectivity index (χ2n) is 6.31. The third kappa shape index (κ3) is 4.87. The highest BCUT2D eigenvalue weighted by Gasteiger charge is 2.25. The van der Waals surface area contributed by atoms with Gasteiger partial charge in [0.15, 0.2) is 0 Å². The Labute approximate surface area is 147 Å². The van der Waals surface area contributed by atoms with E-state index < -0.39 is 0 Å². The van der Waals surface area contributed by atoms with Crippen molar-refractivity contribution in [2.24, 2.45) is 0 Å². The van der Waals surface area contributed by atoms with Crippen molar-refractivity contribution in [3.05, 3.63) is 54.4 Å². The molecule has 0 bridgehead atoms. The van der Waals surface area contributed by atoms with Crippen molar-refractivity contribution in [1.29, 1.82) is 0 Å². The fourth-order valence-corrected chi connectivity index (χ4v) is 3.13. The third-order valence-electron chi connectivity index (χ3n) is 4.31. The van der Waals surface area contributed by atoms with Crippen LogP contribution in [0.3, 0.4) is 0 Å². The number of nitrogens with one attached hydrogen (secondary N) is 2. The van der Waals surface area contributed by atoms with Crippen LogP contribution in [0.25, 0.3) is 0 Å². The number of rotatable bonds is 5. The van der Waals surface area contributed by atoms with Gasteiger partial charge in [0.25, 0.3) is 0 Å². The van der Waals surface area contributed by atoms with E-state index in [0.717, 1.165) is 25.2 Å². The molecule has 25 heavy (non-hydrogen) atoms. The van der Waals surface area contributed by atoms with Crippen LogP contribution in [0.15, 0.2) is 48.8 Å². The highest BCUT2D eigenvalue weighted by Crippen LogP contribution is 2.26. The van der Waals surface area contributed by atoms with E-state index in [0.29, 0.717) is 18.2 Å². The minimum absolute atomic E-state index is 0.0253. The number of pyridine rings is 1. The van der Waals surface area contributed by atoms with Gasteiger partial charge in [-0.2, -0.15) is 0 Å². The van der Waals surface area contributed by atoms with Gasteiger partial charge >= 0.3 is 0 Å². The number of likely N-dealkylation sites (tertiary alicyclic amines) is 1. The maximum atomic E-state index is 12.2. The van der Waals surface area contributed by atoms with Gasteiger partial charge in [-0.25, -0.2) is 0 Å². The highest BCUT2D eigenvalue weighted by atomic mass is 16.2. The van der Waals surface area contributed by atoms with Crippen molar-refractivity contribution in [1.82, 2.24) is 9.88 Å². The van der Waals surface area contributed by atoms with Crippen LogP contribution in [-0.2, 0) is 9.59 Å². The molecule has 6 heteroatoms. The van der Waals surface area contributed by atoms with Gasteiger partial charge in [-0.3, -0.25) is 19.5 Å². The van der Waals surface area contributed by atoms with Crippen LogP contribution in [-0.4, -0.2) is 41.3 Å². The Morgan fingerprint density at radius 1 is 1.08 bits per heavy atom. The number of hydrogen-bond acceptors (Lipinski definition) is 4. The molecule has 1 aliphatic rings. The molecule has 1 aliphatic heterocycles. The molecular formula is C19H22N4O2. The van der Waals surface area contributed by atoms with Crippen molar-refractivity contribution >= 4 is 23.2 Å². The number of benzene rings is 1. The first-order valence-corrected chi connectivity index (χ1v) is 8.40. The molecule has 2 aromatic rings. The van der Waals surface area contributed by atoms with Crippen molar-refractivity contribution < 1.29 is 9.59 Å². The first kappa shape index (κ1) is 17.1. The first-order chi connectivity index (χ1) is 12.1. The van der Waals surface area contributed by atoms with Crippen LogP contribution in [0.1, 0.15) is 24.8 Å². The van der Waals surface area contributed by atoms with E-state index in [1.54, 1.807) is 24.3 Å². The average molecular weight is 338 g/mol. The van der Waals surface area contributed by atoms with Gasteiger partial charge in [-0.15, -0.1) is 0 Å². The smallest absolute Gasteiger partial charge is 0.238 e. The summed E-state index contributed by atoms with van der Waals surface area (Å²) in [6.07, 6.45) is 4.69. The molecule has 0 radical (unpaired) electrons.